The molecule has 1 atom stereocenters. The quantitative estimate of drug-likeness (QED) is 0.879. The summed E-state index contributed by atoms with van der Waals surface area (Å²) in [7, 11) is 0. The highest BCUT2D eigenvalue weighted by Crippen LogP contribution is 2.16. The molecule has 4 nitrogen and oxygen atoms in total. The van der Waals surface area contributed by atoms with Gasteiger partial charge in [-0.1, -0.05) is 29.8 Å². The summed E-state index contributed by atoms with van der Waals surface area (Å²) in [5.41, 5.74) is 1.63. The van der Waals surface area contributed by atoms with Crippen LogP contribution in [0.15, 0.2) is 24.3 Å². The third-order valence-corrected chi connectivity index (χ3v) is 2.63. The van der Waals surface area contributed by atoms with E-state index in [1.54, 1.807) is 0 Å². The molecule has 1 aromatic carbocycles. The van der Waals surface area contributed by atoms with Gasteiger partial charge in [0.1, 0.15) is 5.60 Å². The molecule has 0 heterocycles. The zero-order chi connectivity index (χ0) is 14.5. The molecule has 0 fully saturated rings. The Kier molecular flexibility index (Phi) is 5.36. The number of alkyl carbamates (subject to hydrolysis) is 1. The summed E-state index contributed by atoms with van der Waals surface area (Å²) in [6.07, 6.45) is -0.460. The van der Waals surface area contributed by atoms with E-state index >= 15 is 0 Å². The van der Waals surface area contributed by atoms with Crippen molar-refractivity contribution >= 4 is 6.09 Å². The smallest absolute Gasteiger partial charge is 0.407 e. The number of hydrogen-bond donors (Lipinski definition) is 2. The largest absolute Gasteiger partial charge is 0.444 e. The van der Waals surface area contributed by atoms with Gasteiger partial charge in [0.05, 0.1) is 6.61 Å². The predicted octanol–water partition coefficient (Wildman–Crippen LogP) is 2.60. The maximum Gasteiger partial charge on any atom is 0.407 e. The molecule has 0 aliphatic carbocycles. The van der Waals surface area contributed by atoms with Gasteiger partial charge in [-0.15, -0.1) is 0 Å². The minimum atomic E-state index is -0.512. The van der Waals surface area contributed by atoms with Gasteiger partial charge < -0.3 is 15.2 Å². The van der Waals surface area contributed by atoms with Crippen molar-refractivity contribution in [2.75, 3.05) is 13.2 Å². The number of aliphatic hydroxyl groups is 1. The maximum atomic E-state index is 11.6. The van der Waals surface area contributed by atoms with E-state index in [0.717, 1.165) is 11.1 Å². The molecule has 1 amide bonds. The van der Waals surface area contributed by atoms with Crippen molar-refractivity contribution in [3.8, 4) is 0 Å². The number of ether oxygens (including phenoxy) is 1. The van der Waals surface area contributed by atoms with E-state index in [4.69, 9.17) is 4.74 Å². The lowest BCUT2D eigenvalue weighted by Crippen LogP contribution is -2.35. The molecule has 106 valence electrons. The molecule has 0 saturated carbocycles. The van der Waals surface area contributed by atoms with Crippen molar-refractivity contribution in [1.29, 1.82) is 0 Å². The lowest BCUT2D eigenvalue weighted by molar-refractivity contribution is 0.0521. The lowest BCUT2D eigenvalue weighted by Gasteiger charge is -2.21. The van der Waals surface area contributed by atoms with Gasteiger partial charge in [0.25, 0.3) is 0 Å². The Balaban J connectivity index is 2.56. The van der Waals surface area contributed by atoms with E-state index < -0.39 is 11.7 Å². The highest BCUT2D eigenvalue weighted by Gasteiger charge is 2.18. The third kappa shape index (κ3) is 5.75. The molecule has 0 spiro atoms. The highest BCUT2D eigenvalue weighted by atomic mass is 16.6. The number of hydrogen-bond acceptors (Lipinski definition) is 3. The molecular weight excluding hydrogens is 242 g/mol. The number of benzene rings is 1. The van der Waals surface area contributed by atoms with Crippen LogP contribution in [0, 0.1) is 6.92 Å². The molecule has 1 aromatic rings. The number of carbonyl (C=O) groups excluding carboxylic acids is 1. The van der Waals surface area contributed by atoms with Crippen LogP contribution >= 0.6 is 0 Å². The lowest BCUT2D eigenvalue weighted by atomic mass is 9.98. The first-order valence-corrected chi connectivity index (χ1v) is 6.46. The summed E-state index contributed by atoms with van der Waals surface area (Å²) in [4.78, 5) is 11.6. The second-order valence-corrected chi connectivity index (χ2v) is 5.68. The Morgan fingerprint density at radius 3 is 2.63 bits per heavy atom. The van der Waals surface area contributed by atoms with Gasteiger partial charge >= 0.3 is 6.09 Å². The summed E-state index contributed by atoms with van der Waals surface area (Å²) < 4.78 is 5.16. The Labute approximate surface area is 114 Å². The molecule has 19 heavy (non-hydrogen) atoms. The zero-order valence-electron chi connectivity index (χ0n) is 12.1. The van der Waals surface area contributed by atoms with Gasteiger partial charge in [-0.25, -0.2) is 4.79 Å². The first-order chi connectivity index (χ1) is 8.81. The molecule has 4 heteroatoms. The van der Waals surface area contributed by atoms with E-state index in [2.05, 4.69) is 5.32 Å². The summed E-state index contributed by atoms with van der Waals surface area (Å²) in [6.45, 7) is 7.79. The Morgan fingerprint density at radius 1 is 1.42 bits per heavy atom. The average Bonchev–Trinajstić information content (AvgIpc) is 2.27. The molecule has 1 unspecified atom stereocenters. The average molecular weight is 265 g/mol. The molecule has 1 rings (SSSR count). The van der Waals surface area contributed by atoms with Crippen molar-refractivity contribution in [1.82, 2.24) is 5.32 Å². The fourth-order valence-electron chi connectivity index (χ4n) is 1.73. The van der Waals surface area contributed by atoms with Gasteiger partial charge in [0.15, 0.2) is 0 Å². The SMILES string of the molecule is Cc1cccc(C(CO)CNC(=O)OC(C)(C)C)c1. The summed E-state index contributed by atoms with van der Waals surface area (Å²) >= 11 is 0. The minimum Gasteiger partial charge on any atom is -0.444 e. The van der Waals surface area contributed by atoms with Crippen molar-refractivity contribution in [3.05, 3.63) is 35.4 Å². The van der Waals surface area contributed by atoms with Crippen molar-refractivity contribution in [2.24, 2.45) is 0 Å². The van der Waals surface area contributed by atoms with Crippen LogP contribution in [0.5, 0.6) is 0 Å². The second-order valence-electron chi connectivity index (χ2n) is 5.68. The number of aryl methyl sites for hydroxylation is 1. The zero-order valence-corrected chi connectivity index (χ0v) is 12.1. The second kappa shape index (κ2) is 6.57. The van der Waals surface area contributed by atoms with Gasteiger partial charge in [-0.2, -0.15) is 0 Å². The van der Waals surface area contributed by atoms with Crippen molar-refractivity contribution in [2.45, 2.75) is 39.2 Å². The minimum absolute atomic E-state index is 0.0146. The molecule has 2 N–H and O–H groups in total. The highest BCUT2D eigenvalue weighted by molar-refractivity contribution is 5.67. The normalized spacial score (nSPS) is 12.9. The van der Waals surface area contributed by atoms with Crippen LogP contribution in [0.2, 0.25) is 0 Å². The Bertz CT molecular complexity index is 424. The molecule has 0 bridgehead atoms. The van der Waals surface area contributed by atoms with Crippen LogP contribution < -0.4 is 5.32 Å². The van der Waals surface area contributed by atoms with Gasteiger partial charge in [-0.05, 0) is 33.3 Å². The van der Waals surface area contributed by atoms with Crippen LogP contribution in [0.25, 0.3) is 0 Å². The molecular formula is C15H23NO3. The molecule has 0 aliphatic rings. The standard InChI is InChI=1S/C15H23NO3/c1-11-6-5-7-12(8-11)13(10-17)9-16-14(18)19-15(2,3)4/h5-8,13,17H,9-10H2,1-4H3,(H,16,18). The molecule has 0 saturated heterocycles. The van der Waals surface area contributed by atoms with Crippen LogP contribution in [0.1, 0.15) is 37.8 Å². The van der Waals surface area contributed by atoms with Crippen LogP contribution in [-0.2, 0) is 4.74 Å². The number of nitrogens with one attached hydrogen (secondary N) is 1. The van der Waals surface area contributed by atoms with E-state index in [1.165, 1.54) is 0 Å². The number of carbonyl (C=O) groups is 1. The van der Waals surface area contributed by atoms with Crippen molar-refractivity contribution < 1.29 is 14.6 Å². The molecule has 0 radical (unpaired) electrons. The van der Waals surface area contributed by atoms with Crippen molar-refractivity contribution in [3.63, 3.8) is 0 Å². The third-order valence-electron chi connectivity index (χ3n) is 2.63. The van der Waals surface area contributed by atoms with Gasteiger partial charge in [-0.3, -0.25) is 0 Å². The van der Waals surface area contributed by atoms with Crippen LogP contribution in [0.4, 0.5) is 4.79 Å². The fourth-order valence-corrected chi connectivity index (χ4v) is 1.73. The number of aliphatic hydroxyl groups excluding tert-OH is 1. The van der Waals surface area contributed by atoms with E-state index in [1.807, 2.05) is 52.0 Å². The predicted molar refractivity (Wildman–Crippen MR) is 75.2 cm³/mol. The van der Waals surface area contributed by atoms with E-state index in [0.29, 0.717) is 6.54 Å². The van der Waals surface area contributed by atoms with Crippen LogP contribution in [-0.4, -0.2) is 30.0 Å². The molecule has 0 aromatic heterocycles. The fraction of sp³-hybridized carbons (Fsp3) is 0.533. The topological polar surface area (TPSA) is 58.6 Å². The van der Waals surface area contributed by atoms with Crippen LogP contribution in [0.3, 0.4) is 0 Å². The number of rotatable bonds is 4. The Morgan fingerprint density at radius 2 is 2.11 bits per heavy atom. The van der Waals surface area contributed by atoms with Gasteiger partial charge in [0, 0.05) is 12.5 Å². The van der Waals surface area contributed by atoms with Gasteiger partial charge in [0.2, 0.25) is 0 Å². The summed E-state index contributed by atoms with van der Waals surface area (Å²) in [6, 6.07) is 7.91. The Hall–Kier alpha value is -1.55. The monoisotopic (exact) mass is 265 g/mol. The number of amides is 1. The van der Waals surface area contributed by atoms with E-state index in [-0.39, 0.29) is 12.5 Å². The maximum absolute atomic E-state index is 11.6. The first-order valence-electron chi connectivity index (χ1n) is 6.46. The molecule has 0 aliphatic heterocycles. The van der Waals surface area contributed by atoms with E-state index in [9.17, 15) is 9.90 Å². The summed E-state index contributed by atoms with van der Waals surface area (Å²) in [5.74, 6) is -0.118. The summed E-state index contributed by atoms with van der Waals surface area (Å²) in [5, 5.41) is 12.1. The first kappa shape index (κ1) is 15.5.